The first kappa shape index (κ1) is 23.2. The molecule has 34 heavy (non-hydrogen) atoms. The highest BCUT2D eigenvalue weighted by Gasteiger charge is 2.50. The second-order valence-corrected chi connectivity index (χ2v) is 7.50. The van der Waals surface area contributed by atoms with E-state index in [4.69, 9.17) is 18.9 Å². The van der Waals surface area contributed by atoms with Crippen molar-refractivity contribution in [2.45, 2.75) is 24.6 Å². The first-order chi connectivity index (χ1) is 16.5. The summed E-state index contributed by atoms with van der Waals surface area (Å²) in [5.41, 5.74) is 0.838. The lowest BCUT2D eigenvalue weighted by atomic mass is 10.1. The minimum Gasteiger partial charge on any atom is -0.459 e. The third-order valence-corrected chi connectivity index (χ3v) is 5.18. The Morgan fingerprint density at radius 2 is 1.06 bits per heavy atom. The van der Waals surface area contributed by atoms with Crippen molar-refractivity contribution >= 4 is 17.9 Å². The van der Waals surface area contributed by atoms with Crippen LogP contribution >= 0.6 is 0 Å². The van der Waals surface area contributed by atoms with Crippen LogP contribution in [-0.4, -0.2) is 54.2 Å². The molecule has 0 amide bonds. The molecular formula is C26H22O8. The molecule has 1 fully saturated rings. The average molecular weight is 462 g/mol. The zero-order valence-electron chi connectivity index (χ0n) is 18.0. The summed E-state index contributed by atoms with van der Waals surface area (Å²) < 4.78 is 21.8. The zero-order valence-corrected chi connectivity index (χ0v) is 18.0. The molecule has 8 heteroatoms. The van der Waals surface area contributed by atoms with E-state index in [1.54, 1.807) is 91.0 Å². The van der Waals surface area contributed by atoms with Gasteiger partial charge in [-0.2, -0.15) is 0 Å². The predicted molar refractivity (Wildman–Crippen MR) is 119 cm³/mol. The van der Waals surface area contributed by atoms with Gasteiger partial charge in [0.15, 0.2) is 18.5 Å². The van der Waals surface area contributed by atoms with Crippen LogP contribution in [0.5, 0.6) is 0 Å². The molecule has 0 bridgehead atoms. The van der Waals surface area contributed by atoms with E-state index >= 15 is 0 Å². The Balaban J connectivity index is 1.51. The van der Waals surface area contributed by atoms with Crippen LogP contribution in [-0.2, 0) is 18.9 Å². The molecule has 1 aliphatic rings. The van der Waals surface area contributed by atoms with Crippen LogP contribution in [0.4, 0.5) is 0 Å². The number of benzene rings is 3. The summed E-state index contributed by atoms with van der Waals surface area (Å²) in [6.45, 7) is -0.336. The molecule has 1 heterocycles. The van der Waals surface area contributed by atoms with Gasteiger partial charge in [0.25, 0.3) is 0 Å². The molecule has 0 aromatic heterocycles. The van der Waals surface area contributed by atoms with E-state index in [1.807, 2.05) is 0 Å². The zero-order chi connectivity index (χ0) is 23.9. The summed E-state index contributed by atoms with van der Waals surface area (Å²) in [5.74, 6) is -2.05. The highest BCUT2D eigenvalue weighted by molar-refractivity contribution is 5.90. The minimum absolute atomic E-state index is 0.252. The van der Waals surface area contributed by atoms with E-state index in [1.165, 1.54) is 0 Å². The van der Waals surface area contributed by atoms with Gasteiger partial charge in [0.2, 0.25) is 0 Å². The van der Waals surface area contributed by atoms with Crippen LogP contribution in [0.15, 0.2) is 91.0 Å². The van der Waals surface area contributed by atoms with E-state index < -0.39 is 42.5 Å². The van der Waals surface area contributed by atoms with Gasteiger partial charge in [-0.15, -0.1) is 0 Å². The smallest absolute Gasteiger partial charge is 0.338 e. The molecule has 1 unspecified atom stereocenters. The fourth-order valence-electron chi connectivity index (χ4n) is 3.46. The molecule has 4 atom stereocenters. The van der Waals surface area contributed by atoms with Gasteiger partial charge in [-0.3, -0.25) is 0 Å². The highest BCUT2D eigenvalue weighted by atomic mass is 16.7. The van der Waals surface area contributed by atoms with Crippen LogP contribution in [0.1, 0.15) is 31.1 Å². The maximum atomic E-state index is 12.7. The van der Waals surface area contributed by atoms with Gasteiger partial charge in [-0.1, -0.05) is 54.6 Å². The maximum absolute atomic E-state index is 12.7. The second-order valence-electron chi connectivity index (χ2n) is 7.50. The highest BCUT2D eigenvalue weighted by Crippen LogP contribution is 2.28. The van der Waals surface area contributed by atoms with Crippen molar-refractivity contribution < 1.29 is 38.4 Å². The summed E-state index contributed by atoms with van der Waals surface area (Å²) >= 11 is 0. The number of carbonyl (C=O) groups excluding carboxylic acids is 3. The molecule has 1 saturated heterocycles. The number of esters is 3. The monoisotopic (exact) mass is 462 g/mol. The number of ether oxygens (including phenoxy) is 4. The Bertz CT molecular complexity index is 1120. The van der Waals surface area contributed by atoms with Crippen molar-refractivity contribution in [1.29, 1.82) is 0 Å². The fourth-order valence-corrected chi connectivity index (χ4v) is 3.46. The van der Waals surface area contributed by atoms with Gasteiger partial charge < -0.3 is 24.1 Å². The Hall–Kier alpha value is -4.01. The minimum atomic E-state index is -1.60. The van der Waals surface area contributed by atoms with Gasteiger partial charge in [0.1, 0.15) is 12.7 Å². The number of hydrogen-bond donors (Lipinski definition) is 1. The normalized spacial score (nSPS) is 21.4. The van der Waals surface area contributed by atoms with Crippen LogP contribution in [0, 0.1) is 0 Å². The third kappa shape index (κ3) is 5.48. The standard InChI is InChI=1S/C26H22O8/c27-23(17-10-4-1-5-11-17)31-16-20-21(33-24(28)18-12-6-2-7-13-18)22(26(30)32-20)34-25(29)19-14-8-3-9-15-19/h1-15,20-22,26,30H,16H2/t20?,21-,22+,26+/m1/s1. The van der Waals surface area contributed by atoms with Crippen molar-refractivity contribution in [1.82, 2.24) is 0 Å². The van der Waals surface area contributed by atoms with E-state index in [0.717, 1.165) is 0 Å². The molecule has 1 aliphatic heterocycles. The number of hydrogen-bond acceptors (Lipinski definition) is 8. The third-order valence-electron chi connectivity index (χ3n) is 5.18. The molecule has 174 valence electrons. The van der Waals surface area contributed by atoms with Gasteiger partial charge in [0, 0.05) is 0 Å². The van der Waals surface area contributed by atoms with Gasteiger partial charge in [-0.25, -0.2) is 14.4 Å². The summed E-state index contributed by atoms with van der Waals surface area (Å²) in [6, 6.07) is 24.7. The van der Waals surface area contributed by atoms with Gasteiger partial charge in [-0.05, 0) is 36.4 Å². The average Bonchev–Trinajstić information content (AvgIpc) is 3.17. The Kier molecular flexibility index (Phi) is 7.31. The fraction of sp³-hybridized carbons (Fsp3) is 0.192. The summed E-state index contributed by atoms with van der Waals surface area (Å²) in [6.07, 6.45) is -5.22. The van der Waals surface area contributed by atoms with E-state index in [9.17, 15) is 19.5 Å². The molecule has 3 aromatic carbocycles. The molecule has 0 aliphatic carbocycles. The first-order valence-corrected chi connectivity index (χ1v) is 10.6. The molecule has 3 aromatic rings. The van der Waals surface area contributed by atoms with Crippen molar-refractivity contribution in [3.8, 4) is 0 Å². The van der Waals surface area contributed by atoms with Crippen molar-refractivity contribution in [3.05, 3.63) is 108 Å². The van der Waals surface area contributed by atoms with E-state index in [-0.39, 0.29) is 17.7 Å². The maximum Gasteiger partial charge on any atom is 0.338 e. The van der Waals surface area contributed by atoms with Crippen LogP contribution in [0.25, 0.3) is 0 Å². The quantitative estimate of drug-likeness (QED) is 0.422. The summed E-state index contributed by atoms with van der Waals surface area (Å²) in [5, 5.41) is 10.5. The molecular weight excluding hydrogens is 440 g/mol. The largest absolute Gasteiger partial charge is 0.459 e. The molecule has 1 N–H and O–H groups in total. The topological polar surface area (TPSA) is 108 Å². The predicted octanol–water partition coefficient (Wildman–Crippen LogP) is 3.01. The van der Waals surface area contributed by atoms with Crippen molar-refractivity contribution in [2.75, 3.05) is 6.61 Å². The summed E-state index contributed by atoms with van der Waals surface area (Å²) in [7, 11) is 0. The molecule has 0 spiro atoms. The lowest BCUT2D eigenvalue weighted by Crippen LogP contribution is -2.42. The second kappa shape index (κ2) is 10.7. The summed E-state index contributed by atoms with van der Waals surface area (Å²) in [4.78, 5) is 37.6. The van der Waals surface area contributed by atoms with Crippen LogP contribution in [0.3, 0.4) is 0 Å². The molecule has 0 radical (unpaired) electrons. The number of aliphatic hydroxyl groups is 1. The lowest BCUT2D eigenvalue weighted by molar-refractivity contribution is -0.135. The molecule has 0 saturated carbocycles. The Labute approximate surface area is 195 Å². The number of carbonyl (C=O) groups is 3. The van der Waals surface area contributed by atoms with Crippen LogP contribution < -0.4 is 0 Å². The SMILES string of the molecule is O=C(OCC1O[C@H](O)[C@@H](OC(=O)c2ccccc2)[C@@H]1OC(=O)c1ccccc1)c1ccccc1. The Morgan fingerprint density at radius 3 is 1.53 bits per heavy atom. The van der Waals surface area contributed by atoms with E-state index in [2.05, 4.69) is 0 Å². The lowest BCUT2D eigenvalue weighted by Gasteiger charge is -2.23. The molecule has 8 nitrogen and oxygen atoms in total. The Morgan fingerprint density at radius 1 is 0.647 bits per heavy atom. The van der Waals surface area contributed by atoms with Gasteiger partial charge in [0.05, 0.1) is 16.7 Å². The van der Waals surface area contributed by atoms with Crippen molar-refractivity contribution in [2.24, 2.45) is 0 Å². The van der Waals surface area contributed by atoms with Crippen molar-refractivity contribution in [3.63, 3.8) is 0 Å². The van der Waals surface area contributed by atoms with Crippen LogP contribution in [0.2, 0.25) is 0 Å². The van der Waals surface area contributed by atoms with Gasteiger partial charge >= 0.3 is 17.9 Å². The molecule has 4 rings (SSSR count). The van der Waals surface area contributed by atoms with E-state index in [0.29, 0.717) is 5.56 Å². The number of rotatable bonds is 7. The number of aliphatic hydroxyl groups excluding tert-OH is 1. The first-order valence-electron chi connectivity index (χ1n) is 10.6.